The Hall–Kier alpha value is -1.97. The summed E-state index contributed by atoms with van der Waals surface area (Å²) in [5.41, 5.74) is 2.47. The number of aldehydes is 1. The zero-order valence-corrected chi connectivity index (χ0v) is 9.29. The van der Waals surface area contributed by atoms with E-state index in [-0.39, 0.29) is 0 Å². The molecule has 2 aromatic rings. The number of hydrogen-bond acceptors (Lipinski definition) is 3. The fraction of sp³-hybridized carbons (Fsp3) is 0.250. The van der Waals surface area contributed by atoms with Crippen molar-refractivity contribution in [3.63, 3.8) is 0 Å². The van der Waals surface area contributed by atoms with Crippen LogP contribution in [0, 0.1) is 0 Å². The van der Waals surface area contributed by atoms with Crippen LogP contribution in [0.3, 0.4) is 0 Å². The standard InChI is InChI=1S/C12H13N3O/c1-9(2)10-5-14-15(7-10)12-4-3-11(8-16)13-6-12/h3-9H,1-2H3. The van der Waals surface area contributed by atoms with Gasteiger partial charge in [0.2, 0.25) is 0 Å². The van der Waals surface area contributed by atoms with E-state index in [1.54, 1.807) is 16.9 Å². The van der Waals surface area contributed by atoms with E-state index in [1.807, 2.05) is 18.5 Å². The Morgan fingerprint density at radius 2 is 2.12 bits per heavy atom. The van der Waals surface area contributed by atoms with E-state index in [9.17, 15) is 4.79 Å². The van der Waals surface area contributed by atoms with Gasteiger partial charge in [0.05, 0.1) is 18.1 Å². The highest BCUT2D eigenvalue weighted by molar-refractivity contribution is 5.71. The number of hydrogen-bond donors (Lipinski definition) is 0. The van der Waals surface area contributed by atoms with Gasteiger partial charge in [-0.2, -0.15) is 5.10 Å². The molecule has 0 amide bonds. The molecule has 0 aliphatic heterocycles. The fourth-order valence-corrected chi connectivity index (χ4v) is 1.38. The van der Waals surface area contributed by atoms with Crippen molar-refractivity contribution >= 4 is 6.29 Å². The third kappa shape index (κ3) is 2.00. The molecule has 0 aromatic carbocycles. The first-order chi connectivity index (χ1) is 7.70. The molecule has 0 bridgehead atoms. The van der Waals surface area contributed by atoms with Gasteiger partial charge >= 0.3 is 0 Å². The molecule has 0 spiro atoms. The molecule has 0 atom stereocenters. The average molecular weight is 215 g/mol. The van der Waals surface area contributed by atoms with Crippen LogP contribution in [0.4, 0.5) is 0 Å². The van der Waals surface area contributed by atoms with Crippen LogP contribution < -0.4 is 0 Å². The van der Waals surface area contributed by atoms with Gasteiger partial charge in [-0.25, -0.2) is 4.68 Å². The molecule has 0 saturated heterocycles. The highest BCUT2D eigenvalue weighted by Crippen LogP contribution is 2.14. The topological polar surface area (TPSA) is 47.8 Å². The van der Waals surface area contributed by atoms with Gasteiger partial charge < -0.3 is 0 Å². The molecule has 2 rings (SSSR count). The number of aromatic nitrogens is 3. The van der Waals surface area contributed by atoms with E-state index >= 15 is 0 Å². The first-order valence-corrected chi connectivity index (χ1v) is 5.17. The van der Waals surface area contributed by atoms with Crippen LogP contribution in [0.15, 0.2) is 30.7 Å². The van der Waals surface area contributed by atoms with Gasteiger partial charge in [-0.3, -0.25) is 9.78 Å². The highest BCUT2D eigenvalue weighted by Gasteiger charge is 2.04. The summed E-state index contributed by atoms with van der Waals surface area (Å²) >= 11 is 0. The zero-order chi connectivity index (χ0) is 11.5. The third-order valence-corrected chi connectivity index (χ3v) is 2.43. The lowest BCUT2D eigenvalue weighted by Crippen LogP contribution is -1.96. The van der Waals surface area contributed by atoms with Crippen molar-refractivity contribution in [1.29, 1.82) is 0 Å². The summed E-state index contributed by atoms with van der Waals surface area (Å²) in [4.78, 5) is 14.5. The summed E-state index contributed by atoms with van der Waals surface area (Å²) in [6, 6.07) is 3.51. The maximum Gasteiger partial charge on any atom is 0.168 e. The summed E-state index contributed by atoms with van der Waals surface area (Å²) in [5.74, 6) is 0.455. The van der Waals surface area contributed by atoms with Crippen molar-refractivity contribution < 1.29 is 4.79 Å². The number of rotatable bonds is 3. The van der Waals surface area contributed by atoms with Crippen LogP contribution in [-0.2, 0) is 0 Å². The lowest BCUT2D eigenvalue weighted by Gasteiger charge is -2.01. The lowest BCUT2D eigenvalue weighted by molar-refractivity contribution is 0.111. The number of carbonyl (C=O) groups excluding carboxylic acids is 1. The summed E-state index contributed by atoms with van der Waals surface area (Å²) in [7, 11) is 0. The third-order valence-electron chi connectivity index (χ3n) is 2.43. The Bertz CT molecular complexity index is 485. The van der Waals surface area contributed by atoms with Crippen LogP contribution in [0.1, 0.15) is 35.8 Å². The molecule has 82 valence electrons. The summed E-state index contributed by atoms with van der Waals surface area (Å²) in [6.45, 7) is 4.24. The zero-order valence-electron chi connectivity index (χ0n) is 9.29. The Labute approximate surface area is 93.9 Å². The molecule has 0 aliphatic rings. The smallest absolute Gasteiger partial charge is 0.168 e. The number of nitrogens with zero attached hydrogens (tertiary/aromatic N) is 3. The van der Waals surface area contributed by atoms with Crippen molar-refractivity contribution in [1.82, 2.24) is 14.8 Å². The van der Waals surface area contributed by atoms with Crippen LogP contribution in [0.2, 0.25) is 0 Å². The second-order valence-electron chi connectivity index (χ2n) is 3.93. The van der Waals surface area contributed by atoms with Crippen molar-refractivity contribution in [2.24, 2.45) is 0 Å². The molecule has 4 heteroatoms. The molecule has 0 fully saturated rings. The van der Waals surface area contributed by atoms with Gasteiger partial charge in [0, 0.05) is 6.20 Å². The predicted molar refractivity (Wildman–Crippen MR) is 60.8 cm³/mol. The van der Waals surface area contributed by atoms with Gasteiger partial charge in [0.1, 0.15) is 5.69 Å². The Balaban J connectivity index is 2.31. The maximum absolute atomic E-state index is 10.5. The van der Waals surface area contributed by atoms with Crippen LogP contribution in [0.5, 0.6) is 0 Å². The Morgan fingerprint density at radius 3 is 2.62 bits per heavy atom. The second kappa shape index (κ2) is 4.26. The van der Waals surface area contributed by atoms with Gasteiger partial charge in [0.15, 0.2) is 6.29 Å². The SMILES string of the molecule is CC(C)c1cnn(-c2ccc(C=O)nc2)c1. The molecule has 0 radical (unpaired) electrons. The van der Waals surface area contributed by atoms with Crippen molar-refractivity contribution in [3.05, 3.63) is 42.0 Å². The van der Waals surface area contributed by atoms with E-state index in [2.05, 4.69) is 23.9 Å². The quantitative estimate of drug-likeness (QED) is 0.737. The summed E-state index contributed by atoms with van der Waals surface area (Å²) < 4.78 is 1.76. The molecule has 0 N–H and O–H groups in total. The van der Waals surface area contributed by atoms with Crippen LogP contribution in [-0.4, -0.2) is 21.1 Å². The molecule has 0 saturated carbocycles. The minimum atomic E-state index is 0.431. The highest BCUT2D eigenvalue weighted by atomic mass is 16.1. The molecular formula is C12H13N3O. The summed E-state index contributed by atoms with van der Waals surface area (Å²) in [6.07, 6.45) is 6.19. The fourth-order valence-electron chi connectivity index (χ4n) is 1.38. The molecule has 16 heavy (non-hydrogen) atoms. The van der Waals surface area contributed by atoms with Crippen molar-refractivity contribution in [2.45, 2.75) is 19.8 Å². The van der Waals surface area contributed by atoms with E-state index in [1.165, 1.54) is 5.56 Å². The largest absolute Gasteiger partial charge is 0.296 e. The van der Waals surface area contributed by atoms with Gasteiger partial charge in [-0.1, -0.05) is 13.8 Å². The second-order valence-corrected chi connectivity index (χ2v) is 3.93. The first-order valence-electron chi connectivity index (χ1n) is 5.17. The number of carbonyl (C=O) groups is 1. The summed E-state index contributed by atoms with van der Waals surface area (Å²) in [5, 5.41) is 4.25. The Kier molecular flexibility index (Phi) is 2.81. The Morgan fingerprint density at radius 1 is 1.31 bits per heavy atom. The molecule has 4 nitrogen and oxygen atoms in total. The molecule has 2 aromatic heterocycles. The van der Waals surface area contributed by atoms with Gasteiger partial charge in [0.25, 0.3) is 0 Å². The molecular weight excluding hydrogens is 202 g/mol. The van der Waals surface area contributed by atoms with E-state index in [4.69, 9.17) is 0 Å². The lowest BCUT2D eigenvalue weighted by atomic mass is 10.1. The molecule has 2 heterocycles. The average Bonchev–Trinajstić information content (AvgIpc) is 2.78. The predicted octanol–water partition coefficient (Wildman–Crippen LogP) is 2.20. The van der Waals surface area contributed by atoms with E-state index < -0.39 is 0 Å². The van der Waals surface area contributed by atoms with E-state index in [0.717, 1.165) is 12.0 Å². The monoisotopic (exact) mass is 215 g/mol. The normalized spacial score (nSPS) is 10.7. The van der Waals surface area contributed by atoms with Crippen molar-refractivity contribution in [2.75, 3.05) is 0 Å². The van der Waals surface area contributed by atoms with Gasteiger partial charge in [-0.15, -0.1) is 0 Å². The minimum Gasteiger partial charge on any atom is -0.296 e. The van der Waals surface area contributed by atoms with Crippen molar-refractivity contribution in [3.8, 4) is 5.69 Å². The molecule has 0 unspecified atom stereocenters. The van der Waals surface area contributed by atoms with Crippen LogP contribution >= 0.6 is 0 Å². The van der Waals surface area contributed by atoms with Crippen LogP contribution in [0.25, 0.3) is 5.69 Å². The first kappa shape index (κ1) is 10.5. The van der Waals surface area contributed by atoms with E-state index in [0.29, 0.717) is 11.6 Å². The number of pyridine rings is 1. The van der Waals surface area contributed by atoms with Gasteiger partial charge in [-0.05, 0) is 23.6 Å². The minimum absolute atomic E-state index is 0.431. The maximum atomic E-state index is 10.5. The molecule has 0 aliphatic carbocycles.